The lowest BCUT2D eigenvalue weighted by molar-refractivity contribution is -0.142. The average molecular weight is 662 g/mol. The van der Waals surface area contributed by atoms with E-state index in [9.17, 15) is 22.4 Å². The lowest BCUT2D eigenvalue weighted by atomic mass is 10.0. The lowest BCUT2D eigenvalue weighted by Gasteiger charge is -2.31. The van der Waals surface area contributed by atoms with Crippen LogP contribution >= 0.6 is 0 Å². The van der Waals surface area contributed by atoms with E-state index in [2.05, 4.69) is 10.0 Å². The molecular formula is C36H40FN3O6S. The Balaban J connectivity index is 1.49. The number of anilines is 1. The number of rotatable bonds is 17. The zero-order valence-electron chi connectivity index (χ0n) is 26.5. The summed E-state index contributed by atoms with van der Waals surface area (Å²) < 4.78 is 52.6. The number of hydrogen-bond acceptors (Lipinski definition) is 6. The molecule has 0 aliphatic heterocycles. The van der Waals surface area contributed by atoms with Gasteiger partial charge in [-0.15, -0.1) is 0 Å². The molecule has 0 aromatic heterocycles. The fraction of sp³-hybridized carbons (Fsp3) is 0.278. The van der Waals surface area contributed by atoms with Crippen LogP contribution in [0.15, 0.2) is 114 Å². The van der Waals surface area contributed by atoms with Gasteiger partial charge in [-0.2, -0.15) is 0 Å². The fourth-order valence-electron chi connectivity index (χ4n) is 4.73. The second kappa shape index (κ2) is 17.3. The number of nitrogens with one attached hydrogen (secondary N) is 2. The van der Waals surface area contributed by atoms with Crippen molar-refractivity contribution in [3.63, 3.8) is 0 Å². The van der Waals surface area contributed by atoms with Crippen LogP contribution in [0.1, 0.15) is 31.4 Å². The molecule has 4 aromatic carbocycles. The molecule has 248 valence electrons. The Morgan fingerprint density at radius 1 is 0.830 bits per heavy atom. The molecule has 0 radical (unpaired) electrons. The minimum atomic E-state index is -3.94. The SMILES string of the molecule is CC(C)OCCCNC(=O)[C@@H](Cc1ccccc1)N(Cc1ccccc1)C(=O)COc1ccc(S(=O)(=O)Nc2ccc(F)cc2)cc1. The summed E-state index contributed by atoms with van der Waals surface area (Å²) in [5.74, 6) is -0.910. The van der Waals surface area contributed by atoms with Crippen molar-refractivity contribution in [1.82, 2.24) is 10.2 Å². The van der Waals surface area contributed by atoms with Crippen molar-refractivity contribution in [2.24, 2.45) is 0 Å². The topological polar surface area (TPSA) is 114 Å². The minimum absolute atomic E-state index is 0.0374. The first kappa shape index (κ1) is 35.1. The number of amides is 2. The summed E-state index contributed by atoms with van der Waals surface area (Å²) in [4.78, 5) is 29.0. The Kier molecular flexibility index (Phi) is 12.9. The van der Waals surface area contributed by atoms with Crippen LogP contribution in [0.4, 0.5) is 10.1 Å². The van der Waals surface area contributed by atoms with Crippen LogP contribution in [0.3, 0.4) is 0 Å². The molecule has 0 saturated carbocycles. The summed E-state index contributed by atoms with van der Waals surface area (Å²) in [5.41, 5.74) is 1.96. The van der Waals surface area contributed by atoms with Gasteiger partial charge in [-0.05, 0) is 79.9 Å². The normalized spacial score (nSPS) is 11.9. The summed E-state index contributed by atoms with van der Waals surface area (Å²) >= 11 is 0. The lowest BCUT2D eigenvalue weighted by Crippen LogP contribution is -2.52. The van der Waals surface area contributed by atoms with Crippen molar-refractivity contribution < 1.29 is 31.9 Å². The van der Waals surface area contributed by atoms with Gasteiger partial charge in [-0.1, -0.05) is 60.7 Å². The molecular weight excluding hydrogens is 621 g/mol. The number of carbonyl (C=O) groups excluding carboxylic acids is 2. The van der Waals surface area contributed by atoms with Gasteiger partial charge < -0.3 is 19.7 Å². The highest BCUT2D eigenvalue weighted by Gasteiger charge is 2.30. The third-order valence-corrected chi connectivity index (χ3v) is 8.53. The second-order valence-corrected chi connectivity index (χ2v) is 12.8. The molecule has 2 amide bonds. The molecule has 47 heavy (non-hydrogen) atoms. The summed E-state index contributed by atoms with van der Waals surface area (Å²) in [6.45, 7) is 4.60. The van der Waals surface area contributed by atoms with E-state index in [1.54, 1.807) is 0 Å². The molecule has 1 atom stereocenters. The number of carbonyl (C=O) groups is 2. The number of benzene rings is 4. The zero-order chi connectivity index (χ0) is 33.6. The van der Waals surface area contributed by atoms with Crippen LogP contribution in [-0.4, -0.2) is 57.0 Å². The predicted molar refractivity (Wildman–Crippen MR) is 179 cm³/mol. The first-order valence-electron chi connectivity index (χ1n) is 15.4. The van der Waals surface area contributed by atoms with E-state index in [4.69, 9.17) is 9.47 Å². The van der Waals surface area contributed by atoms with Crippen molar-refractivity contribution in [3.8, 4) is 5.75 Å². The van der Waals surface area contributed by atoms with Gasteiger partial charge in [0.15, 0.2) is 6.61 Å². The van der Waals surface area contributed by atoms with Crippen molar-refractivity contribution in [3.05, 3.63) is 126 Å². The van der Waals surface area contributed by atoms with Gasteiger partial charge in [0.2, 0.25) is 5.91 Å². The molecule has 4 rings (SSSR count). The number of halogens is 1. The first-order chi connectivity index (χ1) is 22.6. The van der Waals surface area contributed by atoms with Crippen LogP contribution in [0.2, 0.25) is 0 Å². The van der Waals surface area contributed by atoms with Crippen LogP contribution in [0, 0.1) is 5.82 Å². The van der Waals surface area contributed by atoms with E-state index in [-0.39, 0.29) is 41.5 Å². The van der Waals surface area contributed by atoms with Gasteiger partial charge in [0.05, 0.1) is 11.0 Å². The summed E-state index contributed by atoms with van der Waals surface area (Å²) in [5, 5.41) is 2.98. The number of hydrogen-bond donors (Lipinski definition) is 2. The fourth-order valence-corrected chi connectivity index (χ4v) is 5.79. The van der Waals surface area contributed by atoms with E-state index >= 15 is 0 Å². The van der Waals surface area contributed by atoms with E-state index in [1.807, 2.05) is 74.5 Å². The van der Waals surface area contributed by atoms with Crippen LogP contribution in [0.5, 0.6) is 5.75 Å². The Bertz CT molecular complexity index is 1670. The van der Waals surface area contributed by atoms with Crippen molar-refractivity contribution in [1.29, 1.82) is 0 Å². The third-order valence-electron chi connectivity index (χ3n) is 7.13. The predicted octanol–water partition coefficient (Wildman–Crippen LogP) is 5.58. The maximum atomic E-state index is 13.8. The molecule has 4 aromatic rings. The van der Waals surface area contributed by atoms with Gasteiger partial charge in [-0.25, -0.2) is 12.8 Å². The van der Waals surface area contributed by atoms with Crippen molar-refractivity contribution in [2.75, 3.05) is 24.5 Å². The maximum Gasteiger partial charge on any atom is 0.261 e. The monoisotopic (exact) mass is 661 g/mol. The summed E-state index contributed by atoms with van der Waals surface area (Å²) in [6, 6.07) is 28.6. The molecule has 0 bridgehead atoms. The molecule has 0 saturated heterocycles. The van der Waals surface area contributed by atoms with Gasteiger partial charge >= 0.3 is 0 Å². The van der Waals surface area contributed by atoms with Crippen LogP contribution in [-0.2, 0) is 37.3 Å². The highest BCUT2D eigenvalue weighted by Crippen LogP contribution is 2.21. The molecule has 0 heterocycles. The summed E-state index contributed by atoms with van der Waals surface area (Å²) in [6.07, 6.45) is 1.01. The zero-order valence-corrected chi connectivity index (χ0v) is 27.3. The van der Waals surface area contributed by atoms with Gasteiger partial charge in [0.1, 0.15) is 17.6 Å². The molecule has 0 fully saturated rings. The minimum Gasteiger partial charge on any atom is -0.484 e. The molecule has 0 unspecified atom stereocenters. The molecule has 11 heteroatoms. The van der Waals surface area contributed by atoms with E-state index < -0.39 is 27.8 Å². The average Bonchev–Trinajstić information content (AvgIpc) is 3.07. The second-order valence-electron chi connectivity index (χ2n) is 11.1. The molecule has 0 aliphatic rings. The van der Waals surface area contributed by atoms with Gasteiger partial charge in [0, 0.05) is 31.8 Å². The Labute approximate surface area is 275 Å². The Morgan fingerprint density at radius 3 is 2.06 bits per heavy atom. The smallest absolute Gasteiger partial charge is 0.261 e. The van der Waals surface area contributed by atoms with E-state index in [1.165, 1.54) is 41.3 Å². The van der Waals surface area contributed by atoms with Gasteiger partial charge in [-0.3, -0.25) is 14.3 Å². The largest absolute Gasteiger partial charge is 0.484 e. The Hall–Kier alpha value is -4.74. The summed E-state index contributed by atoms with van der Waals surface area (Å²) in [7, 11) is -3.94. The number of sulfonamides is 1. The number of ether oxygens (including phenoxy) is 2. The standard InChI is InChI=1S/C36H40FN3O6S/c1-27(2)45-23-9-22-38-36(42)34(24-28-10-5-3-6-11-28)40(25-29-12-7-4-8-13-29)35(41)26-46-32-18-20-33(21-19-32)47(43,44)39-31-16-14-30(37)15-17-31/h3-8,10-21,27,34,39H,9,22-26H2,1-2H3,(H,38,42)/t34-/m1/s1. The molecule has 0 spiro atoms. The quantitative estimate of drug-likeness (QED) is 0.143. The Morgan fingerprint density at radius 2 is 1.45 bits per heavy atom. The highest BCUT2D eigenvalue weighted by molar-refractivity contribution is 7.92. The van der Waals surface area contributed by atoms with Crippen molar-refractivity contribution in [2.45, 2.75) is 50.3 Å². The number of nitrogens with zero attached hydrogens (tertiary/aromatic N) is 1. The molecule has 9 nitrogen and oxygen atoms in total. The van der Waals surface area contributed by atoms with E-state index in [0.29, 0.717) is 26.0 Å². The molecule has 2 N–H and O–H groups in total. The van der Waals surface area contributed by atoms with Gasteiger partial charge in [0.25, 0.3) is 15.9 Å². The first-order valence-corrected chi connectivity index (χ1v) is 16.9. The molecule has 0 aliphatic carbocycles. The highest BCUT2D eigenvalue weighted by atomic mass is 32.2. The van der Waals surface area contributed by atoms with E-state index in [0.717, 1.165) is 23.3 Å². The van der Waals surface area contributed by atoms with Crippen LogP contribution in [0.25, 0.3) is 0 Å². The third kappa shape index (κ3) is 11.2. The maximum absolute atomic E-state index is 13.8. The van der Waals surface area contributed by atoms with Crippen LogP contribution < -0.4 is 14.8 Å². The van der Waals surface area contributed by atoms with Crippen molar-refractivity contribution >= 4 is 27.5 Å².